The van der Waals surface area contributed by atoms with E-state index in [0.29, 0.717) is 23.7 Å². The highest BCUT2D eigenvalue weighted by Crippen LogP contribution is 2.34. The third-order valence-corrected chi connectivity index (χ3v) is 4.85. The summed E-state index contributed by atoms with van der Waals surface area (Å²) in [6.45, 7) is 4.65. The first-order valence-electron chi connectivity index (χ1n) is 9.05. The first-order chi connectivity index (χ1) is 12.9. The number of aliphatic hydroxyl groups is 1. The van der Waals surface area contributed by atoms with Gasteiger partial charge in [-0.2, -0.15) is 0 Å². The van der Waals surface area contributed by atoms with Gasteiger partial charge in [0.15, 0.2) is 0 Å². The molecule has 0 aliphatic carbocycles. The lowest BCUT2D eigenvalue weighted by atomic mass is 10.0. The predicted molar refractivity (Wildman–Crippen MR) is 106 cm³/mol. The van der Waals surface area contributed by atoms with Crippen molar-refractivity contribution in [3.8, 4) is 0 Å². The van der Waals surface area contributed by atoms with Crippen molar-refractivity contribution in [3.05, 3.63) is 70.8 Å². The number of hydrogen-bond acceptors (Lipinski definition) is 3. The van der Waals surface area contributed by atoms with Gasteiger partial charge in [-0.05, 0) is 29.2 Å². The fourth-order valence-electron chi connectivity index (χ4n) is 3.24. The zero-order valence-corrected chi connectivity index (χ0v) is 15.8. The van der Waals surface area contributed by atoms with Crippen LogP contribution in [0.2, 0.25) is 0 Å². The van der Waals surface area contributed by atoms with Gasteiger partial charge in [0.25, 0.3) is 5.91 Å². The number of fused-ring (bicyclic) bond motifs is 1. The summed E-state index contributed by atoms with van der Waals surface area (Å²) in [6.07, 6.45) is -0.149. The largest absolute Gasteiger partial charge is 0.507 e. The summed E-state index contributed by atoms with van der Waals surface area (Å²) in [5.74, 6) is -0.372. The Morgan fingerprint density at radius 3 is 2.44 bits per heavy atom. The van der Waals surface area contributed by atoms with Gasteiger partial charge in [-0.1, -0.05) is 50.2 Å². The summed E-state index contributed by atoms with van der Waals surface area (Å²) in [4.78, 5) is 26.7. The van der Waals surface area contributed by atoms with Crippen molar-refractivity contribution < 1.29 is 14.7 Å². The maximum Gasteiger partial charge on any atom is 0.251 e. The molecule has 2 aromatic rings. The number of carbonyl (C=O) groups excluding carboxylic acids is 2. The van der Waals surface area contributed by atoms with Gasteiger partial charge in [0, 0.05) is 12.6 Å². The van der Waals surface area contributed by atoms with E-state index in [1.807, 2.05) is 18.2 Å². The molecule has 5 heteroatoms. The number of hydrogen-bond donors (Lipinski definition) is 2. The molecule has 0 fully saturated rings. The highest BCUT2D eigenvalue weighted by molar-refractivity contribution is 6.10. The number of nitrogens with zero attached hydrogens (tertiary/aromatic N) is 1. The zero-order chi connectivity index (χ0) is 19.6. The van der Waals surface area contributed by atoms with E-state index in [4.69, 9.17) is 0 Å². The molecule has 0 unspecified atom stereocenters. The lowest BCUT2D eigenvalue weighted by Crippen LogP contribution is -2.31. The highest BCUT2D eigenvalue weighted by Gasteiger charge is 2.30. The van der Waals surface area contributed by atoms with E-state index in [9.17, 15) is 14.7 Å². The Morgan fingerprint density at radius 2 is 1.81 bits per heavy atom. The quantitative estimate of drug-likeness (QED) is 0.868. The number of anilines is 1. The number of likely N-dealkylation sites (N-methyl/N-ethyl adjacent to an activating group) is 1. The van der Waals surface area contributed by atoms with Crippen molar-refractivity contribution in [1.82, 2.24) is 5.32 Å². The van der Waals surface area contributed by atoms with Crippen molar-refractivity contribution in [3.63, 3.8) is 0 Å². The summed E-state index contributed by atoms with van der Waals surface area (Å²) in [5, 5.41) is 13.1. The molecule has 2 amide bonds. The second-order valence-corrected chi connectivity index (χ2v) is 6.98. The van der Waals surface area contributed by atoms with Gasteiger partial charge in [0.05, 0.1) is 24.2 Å². The molecule has 1 heterocycles. The van der Waals surface area contributed by atoms with E-state index >= 15 is 0 Å². The molecule has 0 radical (unpaired) electrons. The van der Waals surface area contributed by atoms with Gasteiger partial charge in [0.1, 0.15) is 5.76 Å². The molecule has 27 heavy (non-hydrogen) atoms. The molecule has 140 valence electrons. The number of amides is 2. The monoisotopic (exact) mass is 364 g/mol. The smallest absolute Gasteiger partial charge is 0.251 e. The van der Waals surface area contributed by atoms with E-state index in [2.05, 4.69) is 31.3 Å². The number of nitrogens with one attached hydrogen (secondary N) is 1. The van der Waals surface area contributed by atoms with E-state index in [0.717, 1.165) is 5.56 Å². The summed E-state index contributed by atoms with van der Waals surface area (Å²) in [5.41, 5.74) is 3.41. The molecule has 0 spiro atoms. The van der Waals surface area contributed by atoms with Crippen molar-refractivity contribution >= 4 is 23.3 Å². The molecule has 2 aromatic carbocycles. The van der Waals surface area contributed by atoms with E-state index in [1.165, 1.54) is 12.6 Å². The minimum atomic E-state index is -0.446. The van der Waals surface area contributed by atoms with Crippen LogP contribution >= 0.6 is 0 Å². The normalized spacial score (nSPS) is 14.2. The lowest BCUT2D eigenvalue weighted by Gasteiger charge is -2.23. The number of para-hydroxylation sites is 1. The summed E-state index contributed by atoms with van der Waals surface area (Å²) in [6, 6.07) is 15.3. The molecular weight excluding hydrogens is 340 g/mol. The molecule has 1 aliphatic rings. The second-order valence-electron chi connectivity index (χ2n) is 6.98. The van der Waals surface area contributed by atoms with Crippen LogP contribution < -0.4 is 10.2 Å². The SMILES string of the molecule is CNC(=O)C1=C(O)c2ccccc2N(Cc2ccc(C(C)C)cc2)C(=O)C1. The number of aliphatic hydroxyl groups excluding tert-OH is 1. The Hall–Kier alpha value is -3.08. The molecule has 0 atom stereocenters. The van der Waals surface area contributed by atoms with Crippen LogP contribution in [0.3, 0.4) is 0 Å². The van der Waals surface area contributed by atoms with Gasteiger partial charge in [-0.3, -0.25) is 9.59 Å². The minimum absolute atomic E-state index is 0.0904. The summed E-state index contributed by atoms with van der Waals surface area (Å²) in [7, 11) is 1.48. The number of carbonyl (C=O) groups is 2. The molecule has 2 N–H and O–H groups in total. The molecule has 5 nitrogen and oxygen atoms in total. The Balaban J connectivity index is 1.99. The molecule has 0 saturated carbocycles. The summed E-state index contributed by atoms with van der Waals surface area (Å²) >= 11 is 0. The molecule has 1 aliphatic heterocycles. The van der Waals surface area contributed by atoms with Crippen LogP contribution in [0.15, 0.2) is 54.1 Å². The molecular formula is C22H24N2O3. The van der Waals surface area contributed by atoms with Gasteiger partial charge < -0.3 is 15.3 Å². The topological polar surface area (TPSA) is 69.6 Å². The first-order valence-corrected chi connectivity index (χ1v) is 9.05. The van der Waals surface area contributed by atoms with Crippen molar-refractivity contribution in [2.45, 2.75) is 32.7 Å². The average molecular weight is 364 g/mol. The second kappa shape index (κ2) is 7.66. The Morgan fingerprint density at radius 1 is 1.15 bits per heavy atom. The molecule has 0 bridgehead atoms. The van der Waals surface area contributed by atoms with E-state index in [1.54, 1.807) is 23.1 Å². The fourth-order valence-corrected chi connectivity index (χ4v) is 3.24. The van der Waals surface area contributed by atoms with Crippen LogP contribution in [-0.4, -0.2) is 24.0 Å². The van der Waals surface area contributed by atoms with Crippen LogP contribution in [0, 0.1) is 0 Å². The van der Waals surface area contributed by atoms with E-state index < -0.39 is 5.91 Å². The standard InChI is InChI=1S/C22H24N2O3/c1-14(2)16-10-8-15(9-11-16)13-24-19-7-5-4-6-17(19)21(26)18(12-20(24)25)22(27)23-3/h4-11,14,26H,12-13H2,1-3H3,(H,23,27). The minimum Gasteiger partial charge on any atom is -0.507 e. The van der Waals surface area contributed by atoms with Crippen LogP contribution in [0.4, 0.5) is 5.69 Å². The molecule has 0 aromatic heterocycles. The highest BCUT2D eigenvalue weighted by atomic mass is 16.3. The van der Waals surface area contributed by atoms with Crippen molar-refractivity contribution in [1.29, 1.82) is 0 Å². The van der Waals surface area contributed by atoms with E-state index in [-0.39, 0.29) is 23.7 Å². The van der Waals surface area contributed by atoms with Gasteiger partial charge in [0.2, 0.25) is 5.91 Å². The number of benzene rings is 2. The van der Waals surface area contributed by atoms with Gasteiger partial charge >= 0.3 is 0 Å². The van der Waals surface area contributed by atoms with Crippen LogP contribution in [0.25, 0.3) is 5.76 Å². The fraction of sp³-hybridized carbons (Fsp3) is 0.273. The van der Waals surface area contributed by atoms with Gasteiger partial charge in [-0.15, -0.1) is 0 Å². The van der Waals surface area contributed by atoms with Crippen molar-refractivity contribution in [2.75, 3.05) is 11.9 Å². The Labute approximate surface area is 159 Å². The maximum absolute atomic E-state index is 12.9. The lowest BCUT2D eigenvalue weighted by molar-refractivity contribution is -0.121. The molecule has 0 saturated heterocycles. The zero-order valence-electron chi connectivity index (χ0n) is 15.8. The Bertz CT molecular complexity index is 898. The predicted octanol–water partition coefficient (Wildman–Crippen LogP) is 3.76. The first kappa shape index (κ1) is 18.7. The third kappa shape index (κ3) is 3.72. The maximum atomic E-state index is 12.9. The molecule has 3 rings (SSSR count). The van der Waals surface area contributed by atoms with Crippen LogP contribution in [0.5, 0.6) is 0 Å². The average Bonchev–Trinajstić information content (AvgIpc) is 2.78. The number of rotatable bonds is 4. The van der Waals surface area contributed by atoms with Crippen LogP contribution in [-0.2, 0) is 16.1 Å². The summed E-state index contributed by atoms with van der Waals surface area (Å²) < 4.78 is 0. The third-order valence-electron chi connectivity index (χ3n) is 4.85. The van der Waals surface area contributed by atoms with Crippen LogP contribution in [0.1, 0.15) is 42.9 Å². The van der Waals surface area contributed by atoms with Crippen molar-refractivity contribution in [2.24, 2.45) is 0 Å². The van der Waals surface area contributed by atoms with Gasteiger partial charge in [-0.25, -0.2) is 0 Å². The Kier molecular flexibility index (Phi) is 5.31.